The molecule has 10 heteroatoms. The SMILES string of the molecule is CCn1ncc2c(NC3CCCCC3)c(C3CC(C(=O)OCC(=O)OC)ON3C)cnc21. The lowest BCUT2D eigenvalue weighted by Crippen LogP contribution is -2.27. The van der Waals surface area contributed by atoms with Crippen LogP contribution in [0.25, 0.3) is 11.0 Å². The highest BCUT2D eigenvalue weighted by molar-refractivity contribution is 5.91. The van der Waals surface area contributed by atoms with E-state index >= 15 is 0 Å². The van der Waals surface area contributed by atoms with Crippen LogP contribution in [0.5, 0.6) is 0 Å². The van der Waals surface area contributed by atoms with E-state index in [4.69, 9.17) is 9.57 Å². The number of anilines is 1. The Balaban J connectivity index is 1.60. The zero-order valence-electron chi connectivity index (χ0n) is 18.9. The maximum atomic E-state index is 12.4. The van der Waals surface area contributed by atoms with Gasteiger partial charge in [0.05, 0.1) is 30.4 Å². The van der Waals surface area contributed by atoms with Crippen LogP contribution in [0, 0.1) is 0 Å². The third-order valence-electron chi connectivity index (χ3n) is 6.30. The number of hydrogen-bond donors (Lipinski definition) is 1. The summed E-state index contributed by atoms with van der Waals surface area (Å²) in [7, 11) is 3.04. The van der Waals surface area contributed by atoms with Crippen LogP contribution in [-0.4, -0.2) is 64.7 Å². The maximum Gasteiger partial charge on any atom is 0.344 e. The summed E-state index contributed by atoms with van der Waals surface area (Å²) >= 11 is 0. The molecule has 1 aliphatic carbocycles. The molecule has 1 saturated heterocycles. The fourth-order valence-corrected chi connectivity index (χ4v) is 4.55. The molecule has 2 aliphatic rings. The molecule has 2 aromatic heterocycles. The summed E-state index contributed by atoms with van der Waals surface area (Å²) < 4.78 is 11.4. The van der Waals surface area contributed by atoms with E-state index < -0.39 is 24.6 Å². The van der Waals surface area contributed by atoms with Gasteiger partial charge in [-0.2, -0.15) is 10.2 Å². The summed E-state index contributed by atoms with van der Waals surface area (Å²) in [5, 5.41) is 10.9. The van der Waals surface area contributed by atoms with Crippen LogP contribution in [0.4, 0.5) is 5.69 Å². The number of hydrogen-bond acceptors (Lipinski definition) is 9. The number of ether oxygens (including phenoxy) is 2. The van der Waals surface area contributed by atoms with Gasteiger partial charge in [0, 0.05) is 37.8 Å². The molecule has 0 spiro atoms. The van der Waals surface area contributed by atoms with Crippen LogP contribution < -0.4 is 5.32 Å². The molecule has 3 heterocycles. The normalized spacial score (nSPS) is 22.2. The van der Waals surface area contributed by atoms with E-state index in [2.05, 4.69) is 20.1 Å². The van der Waals surface area contributed by atoms with E-state index in [1.165, 1.54) is 26.4 Å². The lowest BCUT2D eigenvalue weighted by atomic mass is 9.94. The standard InChI is InChI=1S/C22H31N5O5/c1-4-27-21-16(12-24-27)20(25-14-8-6-5-7-9-14)15(11-23-21)17-10-18(32-26(17)2)22(29)31-13-19(28)30-3/h11-12,14,17-18H,4-10,13H2,1-3H3,(H,23,25). The summed E-state index contributed by atoms with van der Waals surface area (Å²) in [6.07, 6.45) is 9.28. The summed E-state index contributed by atoms with van der Waals surface area (Å²) in [6.45, 7) is 2.35. The number of fused-ring (bicyclic) bond motifs is 1. The van der Waals surface area contributed by atoms with Gasteiger partial charge in [0.1, 0.15) is 0 Å². The van der Waals surface area contributed by atoms with Crippen LogP contribution in [0.2, 0.25) is 0 Å². The number of nitrogens with zero attached hydrogens (tertiary/aromatic N) is 4. The van der Waals surface area contributed by atoms with Crippen molar-refractivity contribution in [3.05, 3.63) is 18.0 Å². The Morgan fingerprint density at radius 2 is 2.03 bits per heavy atom. The molecule has 2 aromatic rings. The minimum absolute atomic E-state index is 0.196. The van der Waals surface area contributed by atoms with E-state index in [0.29, 0.717) is 12.5 Å². The molecule has 0 aromatic carbocycles. The number of carbonyl (C=O) groups excluding carboxylic acids is 2. The van der Waals surface area contributed by atoms with Gasteiger partial charge in [0.15, 0.2) is 18.4 Å². The number of carbonyl (C=O) groups is 2. The van der Waals surface area contributed by atoms with E-state index in [1.54, 1.807) is 12.1 Å². The first kappa shape index (κ1) is 22.5. The summed E-state index contributed by atoms with van der Waals surface area (Å²) in [6, 6.07) is 0.199. The van der Waals surface area contributed by atoms with Crippen LogP contribution in [0.1, 0.15) is 57.1 Å². The highest BCUT2D eigenvalue weighted by Crippen LogP contribution is 2.40. The zero-order chi connectivity index (χ0) is 22.7. The van der Waals surface area contributed by atoms with Gasteiger partial charge in [-0.1, -0.05) is 19.3 Å². The Morgan fingerprint density at radius 1 is 1.25 bits per heavy atom. The maximum absolute atomic E-state index is 12.4. The molecule has 0 amide bonds. The molecule has 2 atom stereocenters. The second-order valence-electron chi connectivity index (χ2n) is 8.34. The fourth-order valence-electron chi connectivity index (χ4n) is 4.55. The van der Waals surface area contributed by atoms with Crippen LogP contribution >= 0.6 is 0 Å². The Bertz CT molecular complexity index is 971. The molecule has 1 saturated carbocycles. The van der Waals surface area contributed by atoms with Crippen molar-refractivity contribution in [2.45, 2.75) is 70.2 Å². The van der Waals surface area contributed by atoms with Crippen molar-refractivity contribution in [3.63, 3.8) is 0 Å². The third-order valence-corrected chi connectivity index (χ3v) is 6.30. The topological polar surface area (TPSA) is 108 Å². The second-order valence-corrected chi connectivity index (χ2v) is 8.34. The predicted octanol–water partition coefficient (Wildman–Crippen LogP) is 2.59. The molecule has 2 fully saturated rings. The van der Waals surface area contributed by atoms with Crippen molar-refractivity contribution >= 4 is 28.7 Å². The zero-order valence-corrected chi connectivity index (χ0v) is 18.9. The monoisotopic (exact) mass is 445 g/mol. The number of pyridine rings is 1. The minimum Gasteiger partial charge on any atom is -0.466 e. The smallest absolute Gasteiger partial charge is 0.344 e. The summed E-state index contributed by atoms with van der Waals surface area (Å²) in [5.74, 6) is -1.19. The molecule has 1 N–H and O–H groups in total. The van der Waals surface area contributed by atoms with Gasteiger partial charge in [0.2, 0.25) is 0 Å². The lowest BCUT2D eigenvalue weighted by Gasteiger charge is -2.27. The van der Waals surface area contributed by atoms with Gasteiger partial charge >= 0.3 is 11.9 Å². The van der Waals surface area contributed by atoms with Gasteiger partial charge in [-0.15, -0.1) is 0 Å². The molecule has 2 unspecified atom stereocenters. The molecular weight excluding hydrogens is 414 g/mol. The Morgan fingerprint density at radius 3 is 2.75 bits per heavy atom. The summed E-state index contributed by atoms with van der Waals surface area (Å²) in [5.41, 5.74) is 2.81. The van der Waals surface area contributed by atoms with Crippen LogP contribution in [0.15, 0.2) is 12.4 Å². The number of methoxy groups -OCH3 is 1. The average molecular weight is 446 g/mol. The largest absolute Gasteiger partial charge is 0.466 e. The summed E-state index contributed by atoms with van der Waals surface area (Å²) in [4.78, 5) is 34.2. The first-order valence-electron chi connectivity index (χ1n) is 11.3. The van der Waals surface area contributed by atoms with E-state index in [-0.39, 0.29) is 6.04 Å². The fraction of sp³-hybridized carbons (Fsp3) is 0.636. The average Bonchev–Trinajstić information content (AvgIpc) is 3.41. The van der Waals surface area contributed by atoms with E-state index in [9.17, 15) is 9.59 Å². The number of aromatic nitrogens is 3. The Hall–Kier alpha value is -2.72. The molecule has 0 radical (unpaired) electrons. The second kappa shape index (κ2) is 9.83. The minimum atomic E-state index is -0.800. The first-order valence-corrected chi connectivity index (χ1v) is 11.3. The molecule has 4 rings (SSSR count). The van der Waals surface area contributed by atoms with Gasteiger partial charge in [-0.05, 0) is 19.8 Å². The van der Waals surface area contributed by atoms with Crippen LogP contribution in [-0.2, 0) is 30.4 Å². The third kappa shape index (κ3) is 4.56. The number of rotatable bonds is 7. The number of aryl methyl sites for hydroxylation is 1. The van der Waals surface area contributed by atoms with Crippen molar-refractivity contribution in [1.82, 2.24) is 19.8 Å². The first-order chi connectivity index (χ1) is 15.5. The van der Waals surface area contributed by atoms with E-state index in [0.717, 1.165) is 41.7 Å². The number of hydroxylamine groups is 2. The molecular formula is C22H31N5O5. The molecule has 32 heavy (non-hydrogen) atoms. The Labute approximate surface area is 187 Å². The van der Waals surface area contributed by atoms with Crippen molar-refractivity contribution in [1.29, 1.82) is 0 Å². The quantitative estimate of drug-likeness (QED) is 0.643. The lowest BCUT2D eigenvalue weighted by molar-refractivity contribution is -0.184. The molecule has 174 valence electrons. The highest BCUT2D eigenvalue weighted by atomic mass is 16.7. The van der Waals surface area contributed by atoms with Gasteiger partial charge in [0.25, 0.3) is 0 Å². The van der Waals surface area contributed by atoms with E-state index in [1.807, 2.05) is 24.0 Å². The number of esters is 2. The van der Waals surface area contributed by atoms with Crippen LogP contribution in [0.3, 0.4) is 0 Å². The van der Waals surface area contributed by atoms with Gasteiger partial charge in [-0.25, -0.2) is 19.3 Å². The van der Waals surface area contributed by atoms with Crippen molar-refractivity contribution in [3.8, 4) is 0 Å². The van der Waals surface area contributed by atoms with Crippen molar-refractivity contribution < 1.29 is 23.9 Å². The molecule has 10 nitrogen and oxygen atoms in total. The van der Waals surface area contributed by atoms with Crippen molar-refractivity contribution in [2.75, 3.05) is 26.1 Å². The van der Waals surface area contributed by atoms with Gasteiger partial charge < -0.3 is 14.8 Å². The van der Waals surface area contributed by atoms with Crippen molar-refractivity contribution in [2.24, 2.45) is 0 Å². The predicted molar refractivity (Wildman–Crippen MR) is 117 cm³/mol. The molecule has 0 bridgehead atoms. The van der Waals surface area contributed by atoms with Gasteiger partial charge in [-0.3, -0.25) is 4.84 Å². The number of nitrogens with one attached hydrogen (secondary N) is 1. The Kier molecular flexibility index (Phi) is 6.90. The highest BCUT2D eigenvalue weighted by Gasteiger charge is 2.39. The molecule has 1 aliphatic heterocycles.